The monoisotopic (exact) mass is 472 g/mol. The van der Waals surface area contributed by atoms with Crippen LogP contribution in [0.25, 0.3) is 11.1 Å². The highest BCUT2D eigenvalue weighted by molar-refractivity contribution is 5.89. The molecule has 4 rings (SSSR count). The first-order chi connectivity index (χ1) is 16.1. The average molecular weight is 472 g/mol. The van der Waals surface area contributed by atoms with Crippen molar-refractivity contribution in [1.29, 1.82) is 0 Å². The molecule has 0 spiro atoms. The van der Waals surface area contributed by atoms with Gasteiger partial charge in [-0.15, -0.1) is 0 Å². The second-order valence-electron chi connectivity index (χ2n) is 8.27. The number of alkyl halides is 3. The molecule has 2 atom stereocenters. The normalized spacial score (nSPS) is 17.1. The summed E-state index contributed by atoms with van der Waals surface area (Å²) in [6.45, 7) is 6.10. The summed E-state index contributed by atoms with van der Waals surface area (Å²) in [4.78, 5) is 31.0. The minimum Gasteiger partial charge on any atom is -0.447 e. The molecule has 3 heterocycles. The Hall–Kier alpha value is -3.76. The van der Waals surface area contributed by atoms with E-state index in [1.165, 1.54) is 29.6 Å². The molecule has 1 aromatic carbocycles. The SMILES string of the molecule is CC(C)C1COC(=O)N1c1ccnc(N[C@@H](C)c2ncc(-c3cccc(C(F)(F)F)c3)cn2)n1. The maximum atomic E-state index is 13.0. The van der Waals surface area contributed by atoms with E-state index in [4.69, 9.17) is 4.74 Å². The van der Waals surface area contributed by atoms with Crippen molar-refractivity contribution in [3.63, 3.8) is 0 Å². The summed E-state index contributed by atoms with van der Waals surface area (Å²) in [7, 11) is 0. The van der Waals surface area contributed by atoms with Crippen LogP contribution in [0.15, 0.2) is 48.9 Å². The Labute approximate surface area is 194 Å². The number of cyclic esters (lactones) is 1. The van der Waals surface area contributed by atoms with Crippen molar-refractivity contribution >= 4 is 17.9 Å². The smallest absolute Gasteiger partial charge is 0.416 e. The Bertz CT molecular complexity index is 1170. The van der Waals surface area contributed by atoms with E-state index < -0.39 is 23.9 Å². The van der Waals surface area contributed by atoms with Gasteiger partial charge in [0.25, 0.3) is 0 Å². The Kier molecular flexibility index (Phi) is 6.36. The van der Waals surface area contributed by atoms with Gasteiger partial charge in [-0.1, -0.05) is 26.0 Å². The van der Waals surface area contributed by atoms with Crippen LogP contribution in [-0.2, 0) is 10.9 Å². The lowest BCUT2D eigenvalue weighted by Crippen LogP contribution is -2.37. The molecular formula is C23H23F3N6O2. The fourth-order valence-electron chi connectivity index (χ4n) is 3.59. The first-order valence-electron chi connectivity index (χ1n) is 10.7. The second-order valence-corrected chi connectivity index (χ2v) is 8.27. The quantitative estimate of drug-likeness (QED) is 0.533. The van der Waals surface area contributed by atoms with Crippen LogP contribution in [0.3, 0.4) is 0 Å². The summed E-state index contributed by atoms with van der Waals surface area (Å²) >= 11 is 0. The molecule has 1 saturated heterocycles. The van der Waals surface area contributed by atoms with E-state index in [0.29, 0.717) is 29.4 Å². The molecule has 8 nitrogen and oxygen atoms in total. The van der Waals surface area contributed by atoms with Gasteiger partial charge < -0.3 is 10.1 Å². The fourth-order valence-corrected chi connectivity index (χ4v) is 3.59. The molecule has 0 aliphatic carbocycles. The number of rotatable bonds is 6. The molecule has 0 radical (unpaired) electrons. The van der Waals surface area contributed by atoms with Crippen molar-refractivity contribution in [3.05, 3.63) is 60.3 Å². The molecule has 178 valence electrons. The highest BCUT2D eigenvalue weighted by Crippen LogP contribution is 2.32. The van der Waals surface area contributed by atoms with Gasteiger partial charge in [-0.05, 0) is 36.6 Å². The third kappa shape index (κ3) is 4.92. The van der Waals surface area contributed by atoms with Crippen LogP contribution in [0.2, 0.25) is 0 Å². The molecule has 1 N–H and O–H groups in total. The second kappa shape index (κ2) is 9.24. The lowest BCUT2D eigenvalue weighted by molar-refractivity contribution is -0.137. The van der Waals surface area contributed by atoms with Gasteiger partial charge in [0.2, 0.25) is 5.95 Å². The van der Waals surface area contributed by atoms with E-state index in [-0.39, 0.29) is 17.9 Å². The summed E-state index contributed by atoms with van der Waals surface area (Å²) < 4.78 is 44.2. The van der Waals surface area contributed by atoms with Crippen LogP contribution >= 0.6 is 0 Å². The third-order valence-corrected chi connectivity index (χ3v) is 5.49. The molecule has 1 aliphatic rings. The maximum Gasteiger partial charge on any atom is 0.416 e. The number of aromatic nitrogens is 4. The maximum absolute atomic E-state index is 13.0. The first kappa shape index (κ1) is 23.4. The zero-order chi connectivity index (χ0) is 24.5. The molecule has 11 heteroatoms. The third-order valence-electron chi connectivity index (χ3n) is 5.49. The van der Waals surface area contributed by atoms with E-state index in [9.17, 15) is 18.0 Å². The van der Waals surface area contributed by atoms with Crippen LogP contribution in [-0.4, -0.2) is 38.7 Å². The number of carbonyl (C=O) groups excluding carboxylic acids is 1. The number of benzene rings is 1. The van der Waals surface area contributed by atoms with Crippen molar-refractivity contribution in [1.82, 2.24) is 19.9 Å². The number of ether oxygens (including phenoxy) is 1. The lowest BCUT2D eigenvalue weighted by atomic mass is 10.0. The van der Waals surface area contributed by atoms with Crippen molar-refractivity contribution in [2.24, 2.45) is 5.92 Å². The largest absolute Gasteiger partial charge is 0.447 e. The Morgan fingerprint density at radius 3 is 2.50 bits per heavy atom. The van der Waals surface area contributed by atoms with E-state index >= 15 is 0 Å². The van der Waals surface area contributed by atoms with Crippen molar-refractivity contribution in [2.75, 3.05) is 16.8 Å². The molecule has 1 fully saturated rings. The highest BCUT2D eigenvalue weighted by Gasteiger charge is 2.37. The number of nitrogens with zero attached hydrogens (tertiary/aromatic N) is 5. The molecule has 2 aromatic heterocycles. The molecule has 3 aromatic rings. The van der Waals surface area contributed by atoms with Gasteiger partial charge in [0.15, 0.2) is 0 Å². The molecule has 34 heavy (non-hydrogen) atoms. The molecular weight excluding hydrogens is 449 g/mol. The zero-order valence-corrected chi connectivity index (χ0v) is 18.7. The zero-order valence-electron chi connectivity index (χ0n) is 18.7. The average Bonchev–Trinajstić information content (AvgIpc) is 3.20. The van der Waals surface area contributed by atoms with Gasteiger partial charge in [-0.2, -0.15) is 18.2 Å². The molecule has 0 bridgehead atoms. The van der Waals surface area contributed by atoms with E-state index in [1.807, 2.05) is 13.8 Å². The van der Waals surface area contributed by atoms with Gasteiger partial charge in [0.1, 0.15) is 18.2 Å². The van der Waals surface area contributed by atoms with Gasteiger partial charge in [-0.25, -0.2) is 19.7 Å². The molecule has 1 aliphatic heterocycles. The van der Waals surface area contributed by atoms with Gasteiger partial charge in [0.05, 0.1) is 17.6 Å². The van der Waals surface area contributed by atoms with Crippen molar-refractivity contribution < 1.29 is 22.7 Å². The minimum atomic E-state index is -4.43. The van der Waals surface area contributed by atoms with Gasteiger partial charge >= 0.3 is 12.3 Å². The summed E-state index contributed by atoms with van der Waals surface area (Å²) in [6, 6.07) is 6.11. The highest BCUT2D eigenvalue weighted by atomic mass is 19.4. The standard InChI is InChI=1S/C23H23F3N6O2/c1-13(2)18-12-34-22(33)32(18)19-7-8-27-21(31-19)30-14(3)20-28-10-16(11-29-20)15-5-4-6-17(9-15)23(24,25)26/h4-11,13-14,18H,12H2,1-3H3,(H,27,30,31)/t14-,18?/m0/s1. The number of carbonyl (C=O) groups is 1. The number of amides is 1. The Morgan fingerprint density at radius 1 is 1.09 bits per heavy atom. The van der Waals surface area contributed by atoms with Crippen LogP contribution in [0.4, 0.5) is 29.7 Å². The number of anilines is 2. The predicted octanol–water partition coefficient (Wildman–Crippen LogP) is 5.11. The molecule has 1 unspecified atom stereocenters. The lowest BCUT2D eigenvalue weighted by Gasteiger charge is -2.23. The van der Waals surface area contributed by atoms with Crippen LogP contribution in [0, 0.1) is 5.92 Å². The number of halogens is 3. The minimum absolute atomic E-state index is 0.126. The van der Waals surface area contributed by atoms with E-state index in [0.717, 1.165) is 12.1 Å². The van der Waals surface area contributed by atoms with Crippen LogP contribution in [0.5, 0.6) is 0 Å². The summed E-state index contributed by atoms with van der Waals surface area (Å²) in [5.41, 5.74) is 0.102. The van der Waals surface area contributed by atoms with E-state index in [2.05, 4.69) is 25.3 Å². The summed E-state index contributed by atoms with van der Waals surface area (Å²) in [6.07, 6.45) is -0.394. The Balaban J connectivity index is 1.49. The van der Waals surface area contributed by atoms with Gasteiger partial charge in [-0.3, -0.25) is 4.90 Å². The predicted molar refractivity (Wildman–Crippen MR) is 119 cm³/mol. The first-order valence-corrected chi connectivity index (χ1v) is 10.7. The molecule has 0 saturated carbocycles. The summed E-state index contributed by atoms with van der Waals surface area (Å²) in [5.74, 6) is 1.29. The topological polar surface area (TPSA) is 93.1 Å². The van der Waals surface area contributed by atoms with Gasteiger partial charge in [0, 0.05) is 24.2 Å². The molecule has 1 amide bonds. The fraction of sp³-hybridized carbons (Fsp3) is 0.348. The van der Waals surface area contributed by atoms with Crippen molar-refractivity contribution in [3.8, 4) is 11.1 Å². The van der Waals surface area contributed by atoms with E-state index in [1.54, 1.807) is 19.1 Å². The summed E-state index contributed by atoms with van der Waals surface area (Å²) in [5, 5.41) is 3.09. The number of nitrogens with one attached hydrogen (secondary N) is 1. The van der Waals surface area contributed by atoms with Crippen LogP contribution in [0.1, 0.15) is 38.2 Å². The number of hydrogen-bond acceptors (Lipinski definition) is 7. The Morgan fingerprint density at radius 2 is 1.82 bits per heavy atom. The van der Waals surface area contributed by atoms with Crippen LogP contribution < -0.4 is 10.2 Å². The number of hydrogen-bond donors (Lipinski definition) is 1. The van der Waals surface area contributed by atoms with Crippen molar-refractivity contribution in [2.45, 2.75) is 39.0 Å².